The lowest BCUT2D eigenvalue weighted by Gasteiger charge is -2.45. The number of fused-ring (bicyclic) bond motifs is 1. The highest BCUT2D eigenvalue weighted by atomic mass is 16.4. The summed E-state index contributed by atoms with van der Waals surface area (Å²) in [7, 11) is 0. The van der Waals surface area contributed by atoms with Gasteiger partial charge in [0, 0.05) is 5.41 Å². The van der Waals surface area contributed by atoms with Crippen LogP contribution in [0, 0.1) is 11.8 Å². The van der Waals surface area contributed by atoms with Gasteiger partial charge in [0.2, 0.25) is 0 Å². The van der Waals surface area contributed by atoms with E-state index in [4.69, 9.17) is 0 Å². The van der Waals surface area contributed by atoms with Crippen LogP contribution in [0.2, 0.25) is 0 Å². The third kappa shape index (κ3) is 1.02. The van der Waals surface area contributed by atoms with Crippen molar-refractivity contribution in [3.63, 3.8) is 0 Å². The van der Waals surface area contributed by atoms with E-state index in [2.05, 4.69) is 12.1 Å². The number of carboxylic acid groups (broad SMARTS) is 1. The highest BCUT2D eigenvalue weighted by molar-refractivity contribution is 5.75. The van der Waals surface area contributed by atoms with E-state index in [1.807, 2.05) is 18.2 Å². The zero-order chi connectivity index (χ0) is 10.5. The number of aliphatic carboxylic acids is 1. The molecule has 3 aliphatic rings. The van der Waals surface area contributed by atoms with Crippen molar-refractivity contribution in [1.82, 2.24) is 0 Å². The van der Waals surface area contributed by atoms with Crippen molar-refractivity contribution in [1.29, 1.82) is 0 Å². The molecule has 15 heavy (non-hydrogen) atoms. The molecule has 3 unspecified atom stereocenters. The van der Waals surface area contributed by atoms with Crippen LogP contribution in [0.1, 0.15) is 24.8 Å². The Labute approximate surface area is 88.9 Å². The quantitative estimate of drug-likeness (QED) is 0.799. The minimum Gasteiger partial charge on any atom is -0.481 e. The third-order valence-electron chi connectivity index (χ3n) is 4.27. The molecule has 2 heteroatoms. The molecule has 3 aliphatic carbocycles. The first-order valence-corrected chi connectivity index (χ1v) is 5.52. The number of hydrogen-bond donors (Lipinski definition) is 1. The minimum absolute atomic E-state index is 0.0300. The Morgan fingerprint density at radius 2 is 2.07 bits per heavy atom. The molecule has 0 spiro atoms. The summed E-state index contributed by atoms with van der Waals surface area (Å²) in [6, 6.07) is 10.2. The average molecular weight is 202 g/mol. The molecule has 1 aromatic carbocycles. The average Bonchev–Trinajstić information content (AvgIpc) is 2.76. The molecule has 0 heterocycles. The lowest BCUT2D eigenvalue weighted by atomic mass is 9.57. The topological polar surface area (TPSA) is 37.3 Å². The highest BCUT2D eigenvalue weighted by Gasteiger charge is 2.62. The fourth-order valence-corrected chi connectivity index (χ4v) is 3.62. The van der Waals surface area contributed by atoms with Crippen LogP contribution >= 0.6 is 0 Å². The van der Waals surface area contributed by atoms with E-state index in [0.717, 1.165) is 19.3 Å². The first-order chi connectivity index (χ1) is 7.24. The van der Waals surface area contributed by atoms with Crippen LogP contribution in [0.15, 0.2) is 30.3 Å². The minimum atomic E-state index is -0.604. The van der Waals surface area contributed by atoms with Gasteiger partial charge in [0.25, 0.3) is 0 Å². The fraction of sp³-hybridized carbons (Fsp3) is 0.462. The summed E-state index contributed by atoms with van der Waals surface area (Å²) in [4.78, 5) is 11.2. The molecule has 4 rings (SSSR count). The van der Waals surface area contributed by atoms with Gasteiger partial charge in [-0.3, -0.25) is 4.79 Å². The van der Waals surface area contributed by atoms with Gasteiger partial charge in [-0.1, -0.05) is 30.3 Å². The van der Waals surface area contributed by atoms with Crippen LogP contribution in [0.5, 0.6) is 0 Å². The largest absolute Gasteiger partial charge is 0.481 e. The van der Waals surface area contributed by atoms with Crippen molar-refractivity contribution in [3.05, 3.63) is 35.9 Å². The van der Waals surface area contributed by atoms with E-state index in [1.54, 1.807) is 0 Å². The second kappa shape index (κ2) is 2.84. The molecule has 78 valence electrons. The first kappa shape index (κ1) is 8.96. The second-order valence-corrected chi connectivity index (χ2v) is 4.84. The fourth-order valence-electron chi connectivity index (χ4n) is 3.62. The SMILES string of the molecule is O=C(O)C1C2CCC1(c1ccccc1)C2. The van der Waals surface area contributed by atoms with Crippen molar-refractivity contribution >= 4 is 5.97 Å². The van der Waals surface area contributed by atoms with E-state index < -0.39 is 5.97 Å². The summed E-state index contributed by atoms with van der Waals surface area (Å²) < 4.78 is 0. The molecule has 0 saturated heterocycles. The summed E-state index contributed by atoms with van der Waals surface area (Å²) in [5, 5.41) is 9.24. The predicted molar refractivity (Wildman–Crippen MR) is 56.6 cm³/mol. The van der Waals surface area contributed by atoms with Crippen molar-refractivity contribution in [2.45, 2.75) is 24.7 Å². The number of benzene rings is 1. The second-order valence-electron chi connectivity index (χ2n) is 4.84. The van der Waals surface area contributed by atoms with Gasteiger partial charge in [-0.2, -0.15) is 0 Å². The number of hydrogen-bond acceptors (Lipinski definition) is 1. The molecule has 0 amide bonds. The molecule has 3 atom stereocenters. The highest BCUT2D eigenvalue weighted by Crippen LogP contribution is 2.63. The van der Waals surface area contributed by atoms with E-state index in [0.29, 0.717) is 5.92 Å². The molecule has 0 radical (unpaired) electrons. The molecule has 1 N–H and O–H groups in total. The smallest absolute Gasteiger partial charge is 0.307 e. The zero-order valence-corrected chi connectivity index (χ0v) is 8.52. The summed E-state index contributed by atoms with van der Waals surface area (Å²) in [5.41, 5.74) is 1.20. The first-order valence-electron chi connectivity index (χ1n) is 5.52. The van der Waals surface area contributed by atoms with Gasteiger partial charge in [-0.15, -0.1) is 0 Å². The van der Waals surface area contributed by atoms with Crippen LogP contribution in [0.4, 0.5) is 0 Å². The Bertz CT molecular complexity index is 394. The molecule has 3 saturated carbocycles. The van der Waals surface area contributed by atoms with E-state index in [9.17, 15) is 9.90 Å². The number of carboxylic acids is 1. The van der Waals surface area contributed by atoms with Crippen LogP contribution in [-0.4, -0.2) is 11.1 Å². The predicted octanol–water partition coefficient (Wildman–Crippen LogP) is 2.44. The van der Waals surface area contributed by atoms with Crippen molar-refractivity contribution in [3.8, 4) is 0 Å². The van der Waals surface area contributed by atoms with Crippen LogP contribution in [0.3, 0.4) is 0 Å². The maximum Gasteiger partial charge on any atom is 0.307 e. The molecule has 0 aromatic heterocycles. The summed E-state index contributed by atoms with van der Waals surface area (Å²) in [5.74, 6) is -0.296. The van der Waals surface area contributed by atoms with Gasteiger partial charge >= 0.3 is 5.97 Å². The maximum absolute atomic E-state index is 11.2. The Hall–Kier alpha value is -1.31. The molecule has 3 fully saturated rings. The lowest BCUT2D eigenvalue weighted by Crippen LogP contribution is -2.48. The molecular weight excluding hydrogens is 188 g/mol. The normalized spacial score (nSPS) is 37.3. The Morgan fingerprint density at radius 1 is 1.33 bits per heavy atom. The van der Waals surface area contributed by atoms with E-state index >= 15 is 0 Å². The van der Waals surface area contributed by atoms with Crippen LogP contribution in [0.25, 0.3) is 0 Å². The van der Waals surface area contributed by atoms with Gasteiger partial charge in [-0.05, 0) is 30.7 Å². The van der Waals surface area contributed by atoms with E-state index in [-0.39, 0.29) is 11.3 Å². The zero-order valence-electron chi connectivity index (χ0n) is 8.52. The number of carbonyl (C=O) groups is 1. The Kier molecular flexibility index (Phi) is 1.70. The van der Waals surface area contributed by atoms with Gasteiger partial charge < -0.3 is 5.11 Å². The van der Waals surface area contributed by atoms with Crippen LogP contribution in [-0.2, 0) is 10.2 Å². The summed E-state index contributed by atoms with van der Waals surface area (Å²) >= 11 is 0. The van der Waals surface area contributed by atoms with Crippen molar-refractivity contribution in [2.24, 2.45) is 11.8 Å². The molecule has 2 nitrogen and oxygen atoms in total. The molecule has 0 aliphatic heterocycles. The summed E-state index contributed by atoms with van der Waals surface area (Å²) in [6.07, 6.45) is 3.22. The Balaban J connectivity index is 2.02. The van der Waals surface area contributed by atoms with Gasteiger partial charge in [0.15, 0.2) is 0 Å². The van der Waals surface area contributed by atoms with E-state index in [1.165, 1.54) is 5.56 Å². The molecule has 2 bridgehead atoms. The maximum atomic E-state index is 11.2. The number of rotatable bonds is 2. The van der Waals surface area contributed by atoms with Gasteiger partial charge in [-0.25, -0.2) is 0 Å². The Morgan fingerprint density at radius 3 is 2.67 bits per heavy atom. The van der Waals surface area contributed by atoms with Gasteiger partial charge in [0.1, 0.15) is 0 Å². The molecule has 1 aromatic rings. The van der Waals surface area contributed by atoms with Crippen molar-refractivity contribution < 1.29 is 9.90 Å². The monoisotopic (exact) mass is 202 g/mol. The molecular formula is C13H14O2. The third-order valence-corrected chi connectivity index (χ3v) is 4.27. The lowest BCUT2D eigenvalue weighted by molar-refractivity contribution is -0.150. The van der Waals surface area contributed by atoms with Crippen molar-refractivity contribution in [2.75, 3.05) is 0 Å². The standard InChI is InChI=1S/C13H14O2/c14-12(15)11-9-6-7-13(11,8-9)10-4-2-1-3-5-10/h1-5,9,11H,6-8H2,(H,14,15). The van der Waals surface area contributed by atoms with Gasteiger partial charge in [0.05, 0.1) is 5.92 Å². The summed E-state index contributed by atoms with van der Waals surface area (Å²) in [6.45, 7) is 0. The van der Waals surface area contributed by atoms with Crippen LogP contribution < -0.4 is 0 Å².